The van der Waals surface area contributed by atoms with Crippen molar-refractivity contribution in [2.45, 2.75) is 6.92 Å². The number of nitrogens with one attached hydrogen (secondary N) is 2. The number of aromatic nitrogens is 2. The molecule has 3 N–H and O–H groups in total. The van der Waals surface area contributed by atoms with Crippen LogP contribution in [0.5, 0.6) is 11.5 Å². The Kier molecular flexibility index (Phi) is 3.51. The van der Waals surface area contributed by atoms with Gasteiger partial charge in [0, 0.05) is 5.56 Å². The van der Waals surface area contributed by atoms with Crippen molar-refractivity contribution in [2.24, 2.45) is 0 Å². The summed E-state index contributed by atoms with van der Waals surface area (Å²) in [6.07, 6.45) is 0. The van der Waals surface area contributed by atoms with Crippen LogP contribution in [0.25, 0.3) is 11.1 Å². The highest BCUT2D eigenvalue weighted by atomic mass is 16.5. The first-order valence-electron chi connectivity index (χ1n) is 5.76. The third kappa shape index (κ3) is 2.13. The van der Waals surface area contributed by atoms with Gasteiger partial charge in [0.1, 0.15) is 11.5 Å². The van der Waals surface area contributed by atoms with E-state index < -0.39 is 11.5 Å². The van der Waals surface area contributed by atoms with E-state index in [0.717, 1.165) is 5.56 Å². The van der Waals surface area contributed by atoms with E-state index in [2.05, 4.69) is 10.2 Å². The number of carboxylic acid groups (broad SMARTS) is 1. The van der Waals surface area contributed by atoms with Crippen LogP contribution in [0.4, 0.5) is 0 Å². The Bertz CT molecular complexity index is 714. The molecule has 0 bridgehead atoms. The molecule has 2 rings (SSSR count). The van der Waals surface area contributed by atoms with Crippen molar-refractivity contribution in [3.05, 3.63) is 33.7 Å². The molecule has 0 fully saturated rings. The number of aryl methyl sites for hydroxylation is 1. The molecule has 0 aliphatic heterocycles. The van der Waals surface area contributed by atoms with Crippen LogP contribution < -0.4 is 15.0 Å². The average Bonchev–Trinajstić information content (AvgIpc) is 2.80. The Balaban J connectivity index is 2.78. The van der Waals surface area contributed by atoms with E-state index in [1.54, 1.807) is 12.1 Å². The normalized spacial score (nSPS) is 10.3. The van der Waals surface area contributed by atoms with Crippen molar-refractivity contribution < 1.29 is 19.4 Å². The number of rotatable bonds is 4. The maximum Gasteiger partial charge on any atom is 0.354 e. The molecule has 106 valence electrons. The second-order valence-electron chi connectivity index (χ2n) is 4.16. The molecule has 0 amide bonds. The van der Waals surface area contributed by atoms with Crippen molar-refractivity contribution >= 4 is 5.97 Å². The molecule has 0 atom stereocenters. The van der Waals surface area contributed by atoms with Crippen LogP contribution in [0.3, 0.4) is 0 Å². The van der Waals surface area contributed by atoms with Crippen LogP contribution in [0.15, 0.2) is 16.9 Å². The van der Waals surface area contributed by atoms with E-state index in [9.17, 15) is 9.59 Å². The predicted molar refractivity (Wildman–Crippen MR) is 71.6 cm³/mol. The Morgan fingerprint density at radius 2 is 1.80 bits per heavy atom. The molecule has 0 saturated carbocycles. The van der Waals surface area contributed by atoms with Crippen molar-refractivity contribution in [3.63, 3.8) is 0 Å². The molecule has 0 saturated heterocycles. The number of aromatic amines is 2. The standard InChI is InChI=1S/C13H14N2O5/c1-6-4-9(20-3)7(5-8(6)19-2)10-11(13(17)18)14-15-12(10)16/h4-5H,1-3H3,(H,17,18)(H2,14,15,16). The predicted octanol–water partition coefficient (Wildman–Crippen LogP) is 1.39. The SMILES string of the molecule is COc1cc(-c2c(C(=O)O)[nH][nH]c2=O)c(OC)cc1C. The van der Waals surface area contributed by atoms with E-state index in [-0.39, 0.29) is 11.3 Å². The van der Waals surface area contributed by atoms with Gasteiger partial charge in [-0.3, -0.25) is 15.0 Å². The van der Waals surface area contributed by atoms with Gasteiger partial charge in [-0.15, -0.1) is 0 Å². The number of benzene rings is 1. The monoisotopic (exact) mass is 278 g/mol. The van der Waals surface area contributed by atoms with Gasteiger partial charge in [0.05, 0.1) is 19.8 Å². The summed E-state index contributed by atoms with van der Waals surface area (Å²) < 4.78 is 10.4. The Morgan fingerprint density at radius 1 is 1.15 bits per heavy atom. The minimum absolute atomic E-state index is 0.00708. The summed E-state index contributed by atoms with van der Waals surface area (Å²) in [7, 11) is 2.95. The van der Waals surface area contributed by atoms with Gasteiger partial charge in [-0.05, 0) is 24.6 Å². The number of aromatic carboxylic acids is 1. The summed E-state index contributed by atoms with van der Waals surface area (Å²) in [4.78, 5) is 23.0. The molecular formula is C13H14N2O5. The molecule has 1 aromatic heterocycles. The minimum atomic E-state index is -1.24. The topological polar surface area (TPSA) is 104 Å². The summed E-state index contributed by atoms with van der Waals surface area (Å²) >= 11 is 0. The first kappa shape index (κ1) is 13.7. The third-order valence-electron chi connectivity index (χ3n) is 2.98. The quantitative estimate of drug-likeness (QED) is 0.784. The molecule has 0 radical (unpaired) electrons. The molecule has 0 aliphatic carbocycles. The van der Waals surface area contributed by atoms with Crippen LogP contribution in [0.2, 0.25) is 0 Å². The Morgan fingerprint density at radius 3 is 2.35 bits per heavy atom. The number of methoxy groups -OCH3 is 2. The molecule has 0 unspecified atom stereocenters. The van der Waals surface area contributed by atoms with E-state index in [1.165, 1.54) is 14.2 Å². The summed E-state index contributed by atoms with van der Waals surface area (Å²) in [5.74, 6) is -0.298. The largest absolute Gasteiger partial charge is 0.496 e. The molecule has 2 aromatic rings. The highest BCUT2D eigenvalue weighted by Gasteiger charge is 2.22. The summed E-state index contributed by atoms with van der Waals surface area (Å²) in [5, 5.41) is 13.7. The fourth-order valence-corrected chi connectivity index (χ4v) is 2.02. The molecule has 0 aliphatic rings. The number of carbonyl (C=O) groups is 1. The number of ether oxygens (including phenoxy) is 2. The van der Waals surface area contributed by atoms with Gasteiger partial charge in [-0.1, -0.05) is 0 Å². The number of H-pyrrole nitrogens is 2. The van der Waals surface area contributed by atoms with Gasteiger partial charge in [-0.25, -0.2) is 4.79 Å². The third-order valence-corrected chi connectivity index (χ3v) is 2.98. The van der Waals surface area contributed by atoms with Crippen molar-refractivity contribution in [1.29, 1.82) is 0 Å². The van der Waals surface area contributed by atoms with Gasteiger partial charge >= 0.3 is 5.97 Å². The maximum absolute atomic E-state index is 11.9. The van der Waals surface area contributed by atoms with Crippen LogP contribution in [0.1, 0.15) is 16.1 Å². The molecule has 1 aromatic carbocycles. The zero-order chi connectivity index (χ0) is 14.9. The van der Waals surface area contributed by atoms with E-state index in [1.807, 2.05) is 6.92 Å². The number of carboxylic acids is 1. The number of hydrogen-bond acceptors (Lipinski definition) is 4. The minimum Gasteiger partial charge on any atom is -0.496 e. The van der Waals surface area contributed by atoms with Crippen molar-refractivity contribution in [3.8, 4) is 22.6 Å². The van der Waals surface area contributed by atoms with Crippen molar-refractivity contribution in [1.82, 2.24) is 10.2 Å². The lowest BCUT2D eigenvalue weighted by Gasteiger charge is -2.12. The lowest BCUT2D eigenvalue weighted by Crippen LogP contribution is -2.06. The summed E-state index contributed by atoms with van der Waals surface area (Å²) in [6.45, 7) is 1.82. The zero-order valence-corrected chi connectivity index (χ0v) is 11.2. The fourth-order valence-electron chi connectivity index (χ4n) is 2.02. The molecule has 20 heavy (non-hydrogen) atoms. The highest BCUT2D eigenvalue weighted by Crippen LogP contribution is 2.35. The van der Waals surface area contributed by atoms with Gasteiger partial charge < -0.3 is 14.6 Å². The van der Waals surface area contributed by atoms with Crippen LogP contribution in [-0.2, 0) is 0 Å². The van der Waals surface area contributed by atoms with E-state index >= 15 is 0 Å². The van der Waals surface area contributed by atoms with Crippen LogP contribution >= 0.6 is 0 Å². The van der Waals surface area contributed by atoms with E-state index in [4.69, 9.17) is 14.6 Å². The second-order valence-corrected chi connectivity index (χ2v) is 4.16. The van der Waals surface area contributed by atoms with Crippen LogP contribution in [-0.4, -0.2) is 35.5 Å². The Hall–Kier alpha value is -2.70. The molecule has 7 nitrogen and oxygen atoms in total. The van der Waals surface area contributed by atoms with Gasteiger partial charge in [0.2, 0.25) is 0 Å². The van der Waals surface area contributed by atoms with Gasteiger partial charge in [0.25, 0.3) is 5.56 Å². The molecule has 1 heterocycles. The first-order valence-corrected chi connectivity index (χ1v) is 5.76. The van der Waals surface area contributed by atoms with Crippen molar-refractivity contribution in [2.75, 3.05) is 14.2 Å². The lowest BCUT2D eigenvalue weighted by atomic mass is 10.0. The van der Waals surface area contributed by atoms with Crippen LogP contribution in [0, 0.1) is 6.92 Å². The Labute approximate surface area is 114 Å². The smallest absolute Gasteiger partial charge is 0.354 e. The van der Waals surface area contributed by atoms with Gasteiger partial charge in [-0.2, -0.15) is 0 Å². The average molecular weight is 278 g/mol. The summed E-state index contributed by atoms with van der Waals surface area (Å²) in [6, 6.07) is 3.27. The lowest BCUT2D eigenvalue weighted by molar-refractivity contribution is 0.0691. The molecular weight excluding hydrogens is 264 g/mol. The molecule has 0 spiro atoms. The van der Waals surface area contributed by atoms with Gasteiger partial charge in [0.15, 0.2) is 5.69 Å². The van der Waals surface area contributed by atoms with E-state index in [0.29, 0.717) is 17.1 Å². The highest BCUT2D eigenvalue weighted by molar-refractivity contribution is 5.95. The number of hydrogen-bond donors (Lipinski definition) is 3. The summed E-state index contributed by atoms with van der Waals surface area (Å²) in [5.41, 5.74) is 0.422. The second kappa shape index (κ2) is 5.12. The zero-order valence-electron chi connectivity index (χ0n) is 11.2. The molecule has 7 heteroatoms. The fraction of sp³-hybridized carbons (Fsp3) is 0.231. The maximum atomic E-state index is 11.9. The first-order chi connectivity index (χ1) is 9.49.